The van der Waals surface area contributed by atoms with E-state index in [1.807, 2.05) is 4.90 Å². The van der Waals surface area contributed by atoms with Gasteiger partial charge in [0.1, 0.15) is 13.2 Å². The zero-order valence-corrected chi connectivity index (χ0v) is 17.3. The first-order valence-electron chi connectivity index (χ1n) is 9.52. The second-order valence-corrected chi connectivity index (χ2v) is 6.22. The Morgan fingerprint density at radius 1 is 0.875 bits per heavy atom. The van der Waals surface area contributed by atoms with Gasteiger partial charge in [-0.2, -0.15) is 10.2 Å². The highest BCUT2D eigenvalue weighted by Crippen LogP contribution is 2.23. The summed E-state index contributed by atoms with van der Waals surface area (Å²) in [6, 6.07) is 12.8. The number of nitrogens with zero attached hydrogens (tertiary/aromatic N) is 4. The first kappa shape index (κ1) is 23.9. The number of esters is 2. The van der Waals surface area contributed by atoms with E-state index >= 15 is 0 Å². The number of azo groups is 1. The van der Waals surface area contributed by atoms with Gasteiger partial charge in [0.05, 0.1) is 29.4 Å². The molecule has 0 aromatic heterocycles. The molecule has 0 saturated carbocycles. The molecule has 0 amide bonds. The molecule has 0 radical (unpaired) electrons. The molecule has 2 aromatic carbocycles. The Morgan fingerprint density at radius 2 is 1.31 bits per heavy atom. The van der Waals surface area contributed by atoms with E-state index in [1.54, 1.807) is 24.3 Å². The summed E-state index contributed by atoms with van der Waals surface area (Å²) in [5, 5.41) is 18.9. The second-order valence-electron chi connectivity index (χ2n) is 6.22. The number of nitro groups is 1. The van der Waals surface area contributed by atoms with Crippen LogP contribution in [-0.4, -0.2) is 43.2 Å². The van der Waals surface area contributed by atoms with E-state index in [2.05, 4.69) is 23.4 Å². The molecule has 0 saturated heterocycles. The minimum atomic E-state index is -0.523. The van der Waals surface area contributed by atoms with E-state index in [1.165, 1.54) is 24.3 Å². The normalized spacial score (nSPS) is 10.4. The Balaban J connectivity index is 2.04. The molecule has 0 aliphatic carbocycles. The lowest BCUT2D eigenvalue weighted by molar-refractivity contribution is -0.384. The quantitative estimate of drug-likeness (QED) is 0.159. The highest BCUT2D eigenvalue weighted by Gasteiger charge is 2.09. The maximum atomic E-state index is 11.3. The largest absolute Gasteiger partial charge is 0.461 e. The van der Waals surface area contributed by atoms with Crippen LogP contribution in [0.25, 0.3) is 0 Å². The van der Waals surface area contributed by atoms with Crippen molar-refractivity contribution in [2.24, 2.45) is 10.2 Å². The van der Waals surface area contributed by atoms with Crippen molar-refractivity contribution in [3.05, 3.63) is 84.0 Å². The zero-order valence-electron chi connectivity index (χ0n) is 17.3. The molecule has 0 aliphatic heterocycles. The molecule has 0 heterocycles. The molecule has 32 heavy (non-hydrogen) atoms. The van der Waals surface area contributed by atoms with E-state index < -0.39 is 16.9 Å². The lowest BCUT2D eigenvalue weighted by Crippen LogP contribution is -2.31. The van der Waals surface area contributed by atoms with Crippen LogP contribution in [0, 0.1) is 10.1 Å². The average molecular weight is 438 g/mol. The van der Waals surface area contributed by atoms with E-state index in [9.17, 15) is 19.7 Å². The Morgan fingerprint density at radius 3 is 1.72 bits per heavy atom. The van der Waals surface area contributed by atoms with E-state index in [0.717, 1.165) is 17.8 Å². The highest BCUT2D eigenvalue weighted by atomic mass is 16.6. The van der Waals surface area contributed by atoms with Crippen LogP contribution in [-0.2, 0) is 19.1 Å². The lowest BCUT2D eigenvalue weighted by Gasteiger charge is -2.24. The molecule has 0 fully saturated rings. The summed E-state index contributed by atoms with van der Waals surface area (Å²) in [6.45, 7) is 7.70. The summed E-state index contributed by atoms with van der Waals surface area (Å²) in [5.41, 5.74) is 1.83. The van der Waals surface area contributed by atoms with Crippen LogP contribution in [0.5, 0.6) is 0 Å². The van der Waals surface area contributed by atoms with E-state index in [-0.39, 0.29) is 18.9 Å². The van der Waals surface area contributed by atoms with Gasteiger partial charge in [-0.25, -0.2) is 9.59 Å². The van der Waals surface area contributed by atoms with Crippen LogP contribution in [0.15, 0.2) is 84.1 Å². The van der Waals surface area contributed by atoms with Crippen LogP contribution in [0.4, 0.5) is 22.7 Å². The van der Waals surface area contributed by atoms with Crippen LogP contribution in [0.3, 0.4) is 0 Å². The van der Waals surface area contributed by atoms with Crippen molar-refractivity contribution in [1.29, 1.82) is 0 Å². The van der Waals surface area contributed by atoms with Crippen LogP contribution < -0.4 is 4.90 Å². The summed E-state index contributed by atoms with van der Waals surface area (Å²) in [6.07, 6.45) is 2.17. The van der Waals surface area contributed by atoms with Gasteiger partial charge in [0.25, 0.3) is 5.69 Å². The molecule has 0 aliphatic rings. The molecule has 2 rings (SSSR count). The molecule has 0 unspecified atom stereocenters. The third-order valence-electron chi connectivity index (χ3n) is 4.10. The molecular formula is C22H22N4O6. The Kier molecular flexibility index (Phi) is 9.26. The fourth-order valence-electron chi connectivity index (χ4n) is 2.49. The summed E-state index contributed by atoms with van der Waals surface area (Å²) >= 11 is 0. The molecule has 166 valence electrons. The van der Waals surface area contributed by atoms with Crippen molar-refractivity contribution < 1.29 is 24.0 Å². The molecule has 0 N–H and O–H groups in total. The molecule has 0 spiro atoms. The monoisotopic (exact) mass is 438 g/mol. The van der Waals surface area contributed by atoms with E-state index in [0.29, 0.717) is 24.5 Å². The van der Waals surface area contributed by atoms with Crippen molar-refractivity contribution in [2.75, 3.05) is 31.2 Å². The third kappa shape index (κ3) is 7.82. The number of rotatable bonds is 12. The number of hydrogen-bond acceptors (Lipinski definition) is 9. The van der Waals surface area contributed by atoms with Crippen molar-refractivity contribution in [1.82, 2.24) is 0 Å². The predicted molar refractivity (Wildman–Crippen MR) is 118 cm³/mol. The summed E-state index contributed by atoms with van der Waals surface area (Å²) < 4.78 is 10.1. The number of ether oxygens (including phenoxy) is 2. The Hall–Kier alpha value is -4.34. The van der Waals surface area contributed by atoms with Gasteiger partial charge < -0.3 is 14.4 Å². The molecular weight excluding hydrogens is 416 g/mol. The molecule has 10 nitrogen and oxygen atoms in total. The Bertz CT molecular complexity index is 960. The lowest BCUT2D eigenvalue weighted by atomic mass is 10.2. The van der Waals surface area contributed by atoms with Crippen LogP contribution in [0.1, 0.15) is 0 Å². The predicted octanol–water partition coefficient (Wildman–Crippen LogP) is 4.28. The number of hydrogen-bond donors (Lipinski definition) is 0. The Labute approximate surface area is 184 Å². The average Bonchev–Trinajstić information content (AvgIpc) is 2.82. The standard InChI is InChI=1S/C22H22N4O6/c1-3-21(27)31-15-13-25(14-16-32-22(28)4-2)19-9-5-17(6-10-19)23-24-18-7-11-20(12-8-18)26(29)30/h3-12H,1-2,13-16H2/b24-23+. The van der Waals surface area contributed by atoms with Crippen molar-refractivity contribution in [3.63, 3.8) is 0 Å². The minimum Gasteiger partial charge on any atom is -0.461 e. The number of carbonyl (C=O) groups excluding carboxylic acids is 2. The minimum absolute atomic E-state index is 0.0223. The van der Waals surface area contributed by atoms with Crippen LogP contribution >= 0.6 is 0 Å². The van der Waals surface area contributed by atoms with Crippen LogP contribution in [0.2, 0.25) is 0 Å². The van der Waals surface area contributed by atoms with Gasteiger partial charge >= 0.3 is 11.9 Å². The molecule has 10 heteroatoms. The summed E-state index contributed by atoms with van der Waals surface area (Å²) in [4.78, 5) is 34.6. The summed E-state index contributed by atoms with van der Waals surface area (Å²) in [5.74, 6) is -1.05. The van der Waals surface area contributed by atoms with Crippen molar-refractivity contribution in [2.45, 2.75) is 0 Å². The number of non-ortho nitro benzene ring substituents is 1. The van der Waals surface area contributed by atoms with Gasteiger partial charge in [-0.3, -0.25) is 10.1 Å². The van der Waals surface area contributed by atoms with Gasteiger partial charge in [0, 0.05) is 30.0 Å². The second kappa shape index (κ2) is 12.4. The summed E-state index contributed by atoms with van der Waals surface area (Å²) in [7, 11) is 0. The number of nitro benzene ring substituents is 1. The number of carbonyl (C=O) groups is 2. The molecule has 2 aromatic rings. The SMILES string of the molecule is C=CC(=O)OCCN(CCOC(=O)C=C)c1ccc(/N=N/c2ccc([N+](=O)[O-])cc2)cc1. The zero-order chi connectivity index (χ0) is 23.3. The maximum absolute atomic E-state index is 11.3. The number of anilines is 1. The highest BCUT2D eigenvalue weighted by molar-refractivity contribution is 5.81. The topological polar surface area (TPSA) is 124 Å². The molecule has 0 atom stereocenters. The van der Waals surface area contributed by atoms with Gasteiger partial charge in [-0.1, -0.05) is 13.2 Å². The van der Waals surface area contributed by atoms with Crippen molar-refractivity contribution >= 4 is 34.7 Å². The fourth-order valence-corrected chi connectivity index (χ4v) is 2.49. The van der Waals surface area contributed by atoms with E-state index in [4.69, 9.17) is 9.47 Å². The van der Waals surface area contributed by atoms with Crippen molar-refractivity contribution in [3.8, 4) is 0 Å². The van der Waals surface area contributed by atoms with Gasteiger partial charge in [0.15, 0.2) is 0 Å². The first-order valence-corrected chi connectivity index (χ1v) is 9.52. The van der Waals surface area contributed by atoms with Gasteiger partial charge in [0.2, 0.25) is 0 Å². The number of benzene rings is 2. The first-order chi connectivity index (χ1) is 15.4. The van der Waals surface area contributed by atoms with Gasteiger partial charge in [-0.15, -0.1) is 0 Å². The third-order valence-corrected chi connectivity index (χ3v) is 4.10. The smallest absolute Gasteiger partial charge is 0.330 e. The maximum Gasteiger partial charge on any atom is 0.330 e. The fraction of sp³-hybridized carbons (Fsp3) is 0.182. The molecule has 0 bridgehead atoms. The van der Waals surface area contributed by atoms with Gasteiger partial charge in [-0.05, 0) is 36.4 Å².